The Bertz CT molecular complexity index is 220. The Morgan fingerprint density at radius 2 is 1.92 bits per heavy atom. The molecule has 4 nitrogen and oxygen atoms in total. The summed E-state index contributed by atoms with van der Waals surface area (Å²) in [5, 5.41) is -0.249. The van der Waals surface area contributed by atoms with Gasteiger partial charge < -0.3 is 18.8 Å². The molecule has 1 saturated heterocycles. The third-order valence-electron chi connectivity index (χ3n) is 2.30. The summed E-state index contributed by atoms with van der Waals surface area (Å²) in [5.41, 5.74) is 0. The van der Waals surface area contributed by atoms with Crippen molar-refractivity contribution in [3.63, 3.8) is 0 Å². The van der Waals surface area contributed by atoms with Gasteiger partial charge in [-0.05, 0) is 20.4 Å². The van der Waals surface area contributed by atoms with Crippen LogP contribution >= 0.6 is 0 Å². The molecule has 1 rings (SSSR count). The van der Waals surface area contributed by atoms with E-state index in [1.54, 1.807) is 6.55 Å². The summed E-state index contributed by atoms with van der Waals surface area (Å²) in [6.45, 7) is 5.53. The fourth-order valence-corrected chi connectivity index (χ4v) is 2.30. The predicted octanol–water partition coefficient (Wildman–Crippen LogP) is 0.233. The summed E-state index contributed by atoms with van der Waals surface area (Å²) < 4.78 is 10.3. The number of hydrogen-bond acceptors (Lipinski definition) is 4. The third-order valence-corrected chi connectivity index (χ3v) is 5.74. The lowest BCUT2D eigenvalue weighted by Crippen LogP contribution is -2.51. The van der Waals surface area contributed by atoms with E-state index in [4.69, 9.17) is 9.16 Å². The standard InChI is InChI=1S/C8H14O4Si/c1-6(9)13(3,7(2)10)12-5-8-4-11-8/h8H,4-5H2,1-3H3. The van der Waals surface area contributed by atoms with Gasteiger partial charge in [0.2, 0.25) is 0 Å². The molecule has 1 aliphatic heterocycles. The highest BCUT2D eigenvalue weighted by Gasteiger charge is 2.42. The molecule has 0 spiro atoms. The van der Waals surface area contributed by atoms with Gasteiger partial charge >= 0.3 is 8.32 Å². The molecule has 0 bridgehead atoms. The van der Waals surface area contributed by atoms with E-state index in [0.29, 0.717) is 13.2 Å². The Labute approximate surface area is 78.3 Å². The lowest BCUT2D eigenvalue weighted by atomic mass is 10.5. The van der Waals surface area contributed by atoms with Gasteiger partial charge in [-0.2, -0.15) is 0 Å². The van der Waals surface area contributed by atoms with Crippen LogP contribution in [0.3, 0.4) is 0 Å². The maximum Gasteiger partial charge on any atom is 0.331 e. The zero-order valence-corrected chi connectivity index (χ0v) is 9.12. The first-order valence-electron chi connectivity index (χ1n) is 4.24. The minimum atomic E-state index is -2.78. The molecule has 1 unspecified atom stereocenters. The molecular weight excluding hydrogens is 188 g/mol. The van der Waals surface area contributed by atoms with Crippen molar-refractivity contribution in [3.8, 4) is 0 Å². The van der Waals surface area contributed by atoms with Crippen molar-refractivity contribution in [1.82, 2.24) is 0 Å². The summed E-state index contributed by atoms with van der Waals surface area (Å²) in [6, 6.07) is 0. The average Bonchev–Trinajstić information content (AvgIpc) is 2.82. The Morgan fingerprint density at radius 1 is 1.46 bits per heavy atom. The molecule has 0 aromatic carbocycles. The minimum Gasteiger partial charge on any atom is -0.401 e. The van der Waals surface area contributed by atoms with Crippen molar-refractivity contribution < 1.29 is 18.8 Å². The van der Waals surface area contributed by atoms with Gasteiger partial charge in [0.1, 0.15) is 16.9 Å². The number of ether oxygens (including phenoxy) is 1. The van der Waals surface area contributed by atoms with Crippen LogP contribution < -0.4 is 0 Å². The maximum absolute atomic E-state index is 11.2. The van der Waals surface area contributed by atoms with E-state index in [0.717, 1.165) is 0 Å². The molecule has 1 atom stereocenters. The fraction of sp³-hybridized carbons (Fsp3) is 0.750. The van der Waals surface area contributed by atoms with Gasteiger partial charge in [-0.3, -0.25) is 0 Å². The highest BCUT2D eigenvalue weighted by atomic mass is 28.4. The molecule has 1 heterocycles. The van der Waals surface area contributed by atoms with Gasteiger partial charge in [-0.1, -0.05) is 0 Å². The fourth-order valence-electron chi connectivity index (χ4n) is 0.875. The maximum atomic E-state index is 11.2. The second-order valence-corrected chi connectivity index (χ2v) is 7.18. The first-order chi connectivity index (χ1) is 5.97. The zero-order valence-electron chi connectivity index (χ0n) is 8.12. The van der Waals surface area contributed by atoms with Crippen LogP contribution in [0.2, 0.25) is 6.55 Å². The minimum absolute atomic E-state index is 0.102. The van der Waals surface area contributed by atoms with Crippen molar-refractivity contribution in [2.45, 2.75) is 26.5 Å². The van der Waals surface area contributed by atoms with Crippen LogP contribution in [0.15, 0.2) is 0 Å². The van der Waals surface area contributed by atoms with Crippen molar-refractivity contribution in [2.75, 3.05) is 13.2 Å². The lowest BCUT2D eigenvalue weighted by molar-refractivity contribution is -0.116. The van der Waals surface area contributed by atoms with E-state index in [2.05, 4.69) is 0 Å². The van der Waals surface area contributed by atoms with Crippen LogP contribution in [0.25, 0.3) is 0 Å². The van der Waals surface area contributed by atoms with E-state index in [9.17, 15) is 9.59 Å². The van der Waals surface area contributed by atoms with Crippen LogP contribution in [0.1, 0.15) is 13.8 Å². The highest BCUT2D eigenvalue weighted by molar-refractivity contribution is 7.20. The van der Waals surface area contributed by atoms with E-state index >= 15 is 0 Å². The Morgan fingerprint density at radius 3 is 2.23 bits per heavy atom. The molecular formula is C8H14O4Si. The third kappa shape index (κ3) is 2.46. The Hall–Kier alpha value is -0.523. The van der Waals surface area contributed by atoms with Gasteiger partial charge in [-0.15, -0.1) is 0 Å². The second-order valence-electron chi connectivity index (χ2n) is 3.41. The van der Waals surface area contributed by atoms with Gasteiger partial charge in [-0.25, -0.2) is 0 Å². The largest absolute Gasteiger partial charge is 0.401 e. The van der Waals surface area contributed by atoms with Gasteiger partial charge in [0.05, 0.1) is 13.2 Å². The van der Waals surface area contributed by atoms with Crippen molar-refractivity contribution in [1.29, 1.82) is 0 Å². The number of carbonyl (C=O) groups is 2. The molecule has 1 aliphatic rings. The van der Waals surface area contributed by atoms with E-state index < -0.39 is 8.32 Å². The number of hydrogen-bond donors (Lipinski definition) is 0. The van der Waals surface area contributed by atoms with E-state index in [-0.39, 0.29) is 16.9 Å². The Balaban J connectivity index is 2.54. The molecule has 0 aromatic heterocycles. The normalized spacial score (nSPS) is 21.3. The monoisotopic (exact) mass is 202 g/mol. The van der Waals surface area contributed by atoms with Crippen molar-refractivity contribution >= 4 is 19.1 Å². The number of epoxide rings is 1. The predicted molar refractivity (Wildman–Crippen MR) is 48.7 cm³/mol. The highest BCUT2D eigenvalue weighted by Crippen LogP contribution is 2.14. The van der Waals surface area contributed by atoms with Crippen LogP contribution in [0.4, 0.5) is 0 Å². The summed E-state index contributed by atoms with van der Waals surface area (Å²) in [5.74, 6) is 0. The summed E-state index contributed by atoms with van der Waals surface area (Å²) >= 11 is 0. The molecule has 13 heavy (non-hydrogen) atoms. The molecule has 5 heteroatoms. The quantitative estimate of drug-likeness (QED) is 0.473. The topological polar surface area (TPSA) is 55.9 Å². The second kappa shape index (κ2) is 3.69. The molecule has 74 valence electrons. The van der Waals surface area contributed by atoms with Crippen molar-refractivity contribution in [3.05, 3.63) is 0 Å². The van der Waals surface area contributed by atoms with Crippen LogP contribution in [0.5, 0.6) is 0 Å². The molecule has 1 fully saturated rings. The lowest BCUT2D eigenvalue weighted by Gasteiger charge is -2.20. The van der Waals surface area contributed by atoms with Crippen LogP contribution in [-0.4, -0.2) is 38.4 Å². The Kier molecular flexibility index (Phi) is 3.00. The number of rotatable bonds is 5. The molecule has 0 amide bonds. The first-order valence-corrected chi connectivity index (χ1v) is 6.65. The summed E-state index contributed by atoms with van der Waals surface area (Å²) in [6.07, 6.45) is 0.102. The smallest absolute Gasteiger partial charge is 0.331 e. The molecule has 0 aliphatic carbocycles. The molecule has 0 saturated carbocycles. The van der Waals surface area contributed by atoms with E-state index in [1.807, 2.05) is 0 Å². The zero-order chi connectivity index (χ0) is 10.1. The van der Waals surface area contributed by atoms with Crippen LogP contribution in [0, 0.1) is 0 Å². The summed E-state index contributed by atoms with van der Waals surface area (Å²) in [4.78, 5) is 22.4. The number of carbonyl (C=O) groups excluding carboxylic acids is 2. The first kappa shape index (κ1) is 10.6. The van der Waals surface area contributed by atoms with Gasteiger partial charge in [0.25, 0.3) is 0 Å². The molecule has 0 N–H and O–H groups in total. The van der Waals surface area contributed by atoms with E-state index in [1.165, 1.54) is 13.8 Å². The molecule has 0 aromatic rings. The van der Waals surface area contributed by atoms with Crippen molar-refractivity contribution in [2.24, 2.45) is 0 Å². The average molecular weight is 202 g/mol. The molecule has 0 radical (unpaired) electrons. The van der Waals surface area contributed by atoms with Crippen LogP contribution in [-0.2, 0) is 18.8 Å². The SMILES string of the molecule is CC(=O)[Si](C)(OCC1CO1)C(C)=O. The van der Waals surface area contributed by atoms with Gasteiger partial charge in [0, 0.05) is 0 Å². The van der Waals surface area contributed by atoms with Gasteiger partial charge in [0.15, 0.2) is 0 Å². The summed E-state index contributed by atoms with van der Waals surface area (Å²) in [7, 11) is -2.78.